The molecule has 18 heavy (non-hydrogen) atoms. The summed E-state index contributed by atoms with van der Waals surface area (Å²) in [5.74, 6) is 1.97. The van der Waals surface area contributed by atoms with E-state index in [0.29, 0.717) is 5.41 Å². The van der Waals surface area contributed by atoms with Gasteiger partial charge in [0.25, 0.3) is 0 Å². The first kappa shape index (κ1) is 14.4. The van der Waals surface area contributed by atoms with Crippen LogP contribution in [0.15, 0.2) is 0 Å². The van der Waals surface area contributed by atoms with Crippen LogP contribution in [0.5, 0.6) is 0 Å². The van der Waals surface area contributed by atoms with Gasteiger partial charge in [0.2, 0.25) is 0 Å². The average Bonchev–Trinajstić information content (AvgIpc) is 2.41. The Balaban J connectivity index is 1.96. The summed E-state index contributed by atoms with van der Waals surface area (Å²) < 4.78 is 0. The molecule has 1 atom stereocenters. The maximum Gasteiger partial charge on any atom is 0.0146 e. The molecule has 2 saturated carbocycles. The molecule has 1 unspecified atom stereocenters. The Labute approximate surface area is 114 Å². The molecular weight excluding hydrogens is 218 g/mol. The second-order valence-corrected chi connectivity index (χ2v) is 7.17. The maximum absolute atomic E-state index is 3.71. The third-order valence-corrected chi connectivity index (χ3v) is 6.00. The van der Waals surface area contributed by atoms with Crippen molar-refractivity contribution < 1.29 is 0 Å². The van der Waals surface area contributed by atoms with E-state index in [4.69, 9.17) is 0 Å². The van der Waals surface area contributed by atoms with Crippen LogP contribution >= 0.6 is 0 Å². The molecule has 0 saturated heterocycles. The van der Waals surface area contributed by atoms with Gasteiger partial charge in [0, 0.05) is 6.04 Å². The van der Waals surface area contributed by atoms with Crippen LogP contribution in [0.2, 0.25) is 0 Å². The third-order valence-electron chi connectivity index (χ3n) is 6.00. The van der Waals surface area contributed by atoms with E-state index in [9.17, 15) is 0 Å². The molecule has 0 amide bonds. The van der Waals surface area contributed by atoms with Crippen molar-refractivity contribution in [2.24, 2.45) is 17.3 Å². The zero-order chi connectivity index (χ0) is 13.0. The van der Waals surface area contributed by atoms with Crippen molar-refractivity contribution >= 4 is 0 Å². The zero-order valence-corrected chi connectivity index (χ0v) is 12.8. The molecule has 1 N–H and O–H groups in total. The lowest BCUT2D eigenvalue weighted by Gasteiger charge is -2.46. The minimum absolute atomic E-state index is 0.580. The fourth-order valence-electron chi connectivity index (χ4n) is 4.75. The first-order valence-corrected chi connectivity index (χ1v) is 8.37. The van der Waals surface area contributed by atoms with E-state index in [1.165, 1.54) is 64.2 Å². The predicted molar refractivity (Wildman–Crippen MR) is 79.8 cm³/mol. The van der Waals surface area contributed by atoms with Crippen molar-refractivity contribution in [3.63, 3.8) is 0 Å². The topological polar surface area (TPSA) is 12.0 Å². The largest absolute Gasteiger partial charge is 0.316 e. The molecule has 0 heterocycles. The molecule has 0 bridgehead atoms. The van der Waals surface area contributed by atoms with Crippen LogP contribution in [0, 0.1) is 17.3 Å². The van der Waals surface area contributed by atoms with Gasteiger partial charge in [0.15, 0.2) is 0 Å². The van der Waals surface area contributed by atoms with Gasteiger partial charge in [0.05, 0.1) is 0 Å². The SMILES string of the molecule is CCC1CCC(C(NC)C2(C)CCCCC2)CC1. The van der Waals surface area contributed by atoms with E-state index < -0.39 is 0 Å². The highest BCUT2D eigenvalue weighted by atomic mass is 14.9. The Hall–Kier alpha value is -0.0400. The maximum atomic E-state index is 3.71. The summed E-state index contributed by atoms with van der Waals surface area (Å²) in [7, 11) is 2.20. The van der Waals surface area contributed by atoms with Crippen LogP contribution in [0.3, 0.4) is 0 Å². The smallest absolute Gasteiger partial charge is 0.0146 e. The first-order chi connectivity index (χ1) is 8.69. The average molecular weight is 251 g/mol. The summed E-state index contributed by atoms with van der Waals surface area (Å²) in [5.41, 5.74) is 0.580. The van der Waals surface area contributed by atoms with E-state index in [2.05, 4.69) is 26.2 Å². The second kappa shape index (κ2) is 6.41. The number of hydrogen-bond acceptors (Lipinski definition) is 1. The monoisotopic (exact) mass is 251 g/mol. The summed E-state index contributed by atoms with van der Waals surface area (Å²) in [6, 6.07) is 0.774. The van der Waals surface area contributed by atoms with Gasteiger partial charge in [-0.25, -0.2) is 0 Å². The van der Waals surface area contributed by atoms with Crippen LogP contribution in [0.1, 0.15) is 78.1 Å². The lowest BCUT2D eigenvalue weighted by atomic mass is 9.63. The van der Waals surface area contributed by atoms with Gasteiger partial charge in [-0.3, -0.25) is 0 Å². The van der Waals surface area contributed by atoms with Crippen LogP contribution in [-0.4, -0.2) is 13.1 Å². The highest BCUT2D eigenvalue weighted by Crippen LogP contribution is 2.45. The molecule has 1 heteroatoms. The first-order valence-electron chi connectivity index (χ1n) is 8.37. The molecule has 2 aliphatic carbocycles. The molecule has 0 spiro atoms. The molecule has 0 aromatic heterocycles. The Morgan fingerprint density at radius 1 is 1.06 bits per heavy atom. The summed E-state index contributed by atoms with van der Waals surface area (Å²) in [6.45, 7) is 4.92. The lowest BCUT2D eigenvalue weighted by molar-refractivity contribution is 0.0815. The quantitative estimate of drug-likeness (QED) is 0.759. The number of nitrogens with one attached hydrogen (secondary N) is 1. The fraction of sp³-hybridized carbons (Fsp3) is 1.00. The summed E-state index contributed by atoms with van der Waals surface area (Å²) >= 11 is 0. The van der Waals surface area contributed by atoms with Crippen molar-refractivity contribution in [1.29, 1.82) is 0 Å². The highest BCUT2D eigenvalue weighted by Gasteiger charge is 2.39. The standard InChI is InChI=1S/C17H33N/c1-4-14-8-10-15(11-9-14)16(18-3)17(2)12-6-5-7-13-17/h14-16,18H,4-13H2,1-3H3. The van der Waals surface area contributed by atoms with E-state index in [1.54, 1.807) is 0 Å². The van der Waals surface area contributed by atoms with Crippen LogP contribution in [0.25, 0.3) is 0 Å². The molecule has 0 radical (unpaired) electrons. The summed E-state index contributed by atoms with van der Waals surface area (Å²) in [6.07, 6.45) is 14.6. The van der Waals surface area contributed by atoms with Gasteiger partial charge >= 0.3 is 0 Å². The Morgan fingerprint density at radius 2 is 1.67 bits per heavy atom. The van der Waals surface area contributed by atoms with Gasteiger partial charge in [-0.2, -0.15) is 0 Å². The van der Waals surface area contributed by atoms with Gasteiger partial charge in [-0.05, 0) is 50.0 Å². The number of hydrogen-bond donors (Lipinski definition) is 1. The molecule has 0 aromatic carbocycles. The van der Waals surface area contributed by atoms with Gasteiger partial charge < -0.3 is 5.32 Å². The predicted octanol–water partition coefficient (Wildman–Crippen LogP) is 4.76. The molecular formula is C17H33N. The van der Waals surface area contributed by atoms with Crippen molar-refractivity contribution in [2.45, 2.75) is 84.1 Å². The molecule has 2 fully saturated rings. The van der Waals surface area contributed by atoms with Crippen molar-refractivity contribution in [2.75, 3.05) is 7.05 Å². The van der Waals surface area contributed by atoms with Crippen LogP contribution in [0.4, 0.5) is 0 Å². The minimum atomic E-state index is 0.580. The molecule has 0 aromatic rings. The Kier molecular flexibility index (Phi) is 5.12. The fourth-order valence-corrected chi connectivity index (χ4v) is 4.75. The van der Waals surface area contributed by atoms with Gasteiger partial charge in [0.1, 0.15) is 0 Å². The van der Waals surface area contributed by atoms with Crippen LogP contribution in [-0.2, 0) is 0 Å². The van der Waals surface area contributed by atoms with Crippen molar-refractivity contribution in [1.82, 2.24) is 5.32 Å². The van der Waals surface area contributed by atoms with Gasteiger partial charge in [-0.15, -0.1) is 0 Å². The Morgan fingerprint density at radius 3 is 2.17 bits per heavy atom. The van der Waals surface area contributed by atoms with E-state index in [1.807, 2.05) is 0 Å². The molecule has 1 nitrogen and oxygen atoms in total. The zero-order valence-electron chi connectivity index (χ0n) is 12.8. The second-order valence-electron chi connectivity index (χ2n) is 7.17. The molecule has 0 aliphatic heterocycles. The lowest BCUT2D eigenvalue weighted by Crippen LogP contribution is -2.49. The number of rotatable bonds is 4. The van der Waals surface area contributed by atoms with E-state index >= 15 is 0 Å². The van der Waals surface area contributed by atoms with E-state index in [-0.39, 0.29) is 0 Å². The molecule has 2 aliphatic rings. The van der Waals surface area contributed by atoms with Crippen molar-refractivity contribution in [3.8, 4) is 0 Å². The van der Waals surface area contributed by atoms with Gasteiger partial charge in [-0.1, -0.05) is 52.4 Å². The summed E-state index contributed by atoms with van der Waals surface area (Å²) in [5, 5.41) is 3.71. The molecule has 106 valence electrons. The van der Waals surface area contributed by atoms with Crippen molar-refractivity contribution in [3.05, 3.63) is 0 Å². The third kappa shape index (κ3) is 3.10. The summed E-state index contributed by atoms with van der Waals surface area (Å²) in [4.78, 5) is 0. The molecule has 2 rings (SSSR count). The highest BCUT2D eigenvalue weighted by molar-refractivity contribution is 4.94. The van der Waals surface area contributed by atoms with Crippen LogP contribution < -0.4 is 5.32 Å². The van der Waals surface area contributed by atoms with E-state index in [0.717, 1.165) is 17.9 Å². The minimum Gasteiger partial charge on any atom is -0.316 e. The Bertz CT molecular complexity index is 234. The normalized spacial score (nSPS) is 34.2.